The number of methoxy groups -OCH3 is 1. The molecule has 2 aromatic rings. The van der Waals surface area contributed by atoms with Crippen LogP contribution in [0.5, 0.6) is 11.5 Å². The van der Waals surface area contributed by atoms with Crippen molar-refractivity contribution >= 4 is 5.91 Å². The summed E-state index contributed by atoms with van der Waals surface area (Å²) in [6, 6.07) is 12.4. The SMILES string of the molecule is COc1c(OCC2CC(F)(F)C2)ccc2c1CCN(Cc1ccc(CNC(=O)C3CC3)cc1)C2. The molecule has 0 saturated heterocycles. The van der Waals surface area contributed by atoms with Gasteiger partial charge in [-0.25, -0.2) is 8.78 Å². The first-order valence-corrected chi connectivity index (χ1v) is 12.2. The summed E-state index contributed by atoms with van der Waals surface area (Å²) in [5, 5.41) is 3.01. The zero-order valence-corrected chi connectivity index (χ0v) is 19.6. The van der Waals surface area contributed by atoms with E-state index in [-0.39, 0.29) is 30.6 Å². The molecule has 3 aliphatic rings. The van der Waals surface area contributed by atoms with Gasteiger partial charge in [0, 0.05) is 56.4 Å². The van der Waals surface area contributed by atoms with E-state index in [9.17, 15) is 13.6 Å². The molecule has 1 heterocycles. The second-order valence-corrected chi connectivity index (χ2v) is 9.95. The van der Waals surface area contributed by atoms with Crippen molar-refractivity contribution < 1.29 is 23.0 Å². The highest BCUT2D eigenvalue weighted by molar-refractivity contribution is 5.80. The van der Waals surface area contributed by atoms with Crippen LogP contribution in [-0.4, -0.2) is 37.0 Å². The van der Waals surface area contributed by atoms with E-state index >= 15 is 0 Å². The zero-order valence-electron chi connectivity index (χ0n) is 19.6. The summed E-state index contributed by atoms with van der Waals surface area (Å²) in [6.45, 7) is 3.46. The summed E-state index contributed by atoms with van der Waals surface area (Å²) in [7, 11) is 1.64. The molecule has 0 spiro atoms. The van der Waals surface area contributed by atoms with Crippen LogP contribution < -0.4 is 14.8 Å². The minimum atomic E-state index is -2.52. The Labute approximate surface area is 199 Å². The van der Waals surface area contributed by atoms with Crippen LogP contribution in [0.15, 0.2) is 36.4 Å². The number of alkyl halides is 2. The molecule has 1 aliphatic heterocycles. The Morgan fingerprint density at radius 1 is 1.12 bits per heavy atom. The Balaban J connectivity index is 1.15. The lowest BCUT2D eigenvalue weighted by atomic mass is 9.82. The second kappa shape index (κ2) is 9.53. The summed E-state index contributed by atoms with van der Waals surface area (Å²) in [6.07, 6.45) is 2.71. The average Bonchev–Trinajstić information content (AvgIpc) is 3.66. The first-order chi connectivity index (χ1) is 16.4. The van der Waals surface area contributed by atoms with Gasteiger partial charge in [-0.3, -0.25) is 9.69 Å². The molecule has 5 nitrogen and oxygen atoms in total. The fraction of sp³-hybridized carbons (Fsp3) is 0.519. The number of amides is 1. The maximum absolute atomic E-state index is 13.1. The van der Waals surface area contributed by atoms with Gasteiger partial charge in [-0.2, -0.15) is 0 Å². The van der Waals surface area contributed by atoms with Crippen LogP contribution in [-0.2, 0) is 30.8 Å². The highest BCUT2D eigenvalue weighted by Crippen LogP contribution is 2.43. The zero-order chi connectivity index (χ0) is 23.7. The van der Waals surface area contributed by atoms with Crippen LogP contribution in [0.1, 0.15) is 47.9 Å². The number of carbonyl (C=O) groups is 1. The van der Waals surface area contributed by atoms with Gasteiger partial charge in [0.1, 0.15) is 0 Å². The predicted octanol–water partition coefficient (Wildman–Crippen LogP) is 4.70. The van der Waals surface area contributed by atoms with E-state index in [2.05, 4.69) is 40.5 Å². The van der Waals surface area contributed by atoms with E-state index in [1.807, 2.05) is 6.07 Å². The number of hydrogen-bond donors (Lipinski definition) is 1. The summed E-state index contributed by atoms with van der Waals surface area (Å²) in [5.41, 5.74) is 4.72. The number of nitrogens with one attached hydrogen (secondary N) is 1. The molecule has 0 aromatic heterocycles. The Bertz CT molecular complexity index is 1030. The van der Waals surface area contributed by atoms with Gasteiger partial charge in [0.15, 0.2) is 11.5 Å². The summed E-state index contributed by atoms with van der Waals surface area (Å²) < 4.78 is 37.7. The van der Waals surface area contributed by atoms with Crippen molar-refractivity contribution in [3.8, 4) is 11.5 Å². The molecular formula is C27H32F2N2O3. The number of benzene rings is 2. The topological polar surface area (TPSA) is 50.8 Å². The van der Waals surface area contributed by atoms with Gasteiger partial charge < -0.3 is 14.8 Å². The molecule has 0 unspecified atom stereocenters. The number of carbonyl (C=O) groups excluding carboxylic acids is 1. The van der Waals surface area contributed by atoms with Crippen LogP contribution in [0.25, 0.3) is 0 Å². The van der Waals surface area contributed by atoms with Crippen molar-refractivity contribution in [3.05, 3.63) is 58.7 Å². The lowest BCUT2D eigenvalue weighted by Gasteiger charge is -2.35. The number of nitrogens with zero attached hydrogens (tertiary/aromatic N) is 1. The van der Waals surface area contributed by atoms with E-state index < -0.39 is 5.92 Å². The molecule has 2 aromatic carbocycles. The Hall–Kier alpha value is -2.67. The van der Waals surface area contributed by atoms with Gasteiger partial charge in [-0.05, 0) is 42.0 Å². The molecular weight excluding hydrogens is 438 g/mol. The molecule has 2 fully saturated rings. The van der Waals surface area contributed by atoms with Crippen molar-refractivity contribution in [3.63, 3.8) is 0 Å². The molecule has 7 heteroatoms. The standard InChI is InChI=1S/C27H32F2N2O3/c1-33-25-23-10-11-31(15-19-4-2-18(3-5-19)14-30-26(32)21-6-7-21)16-22(23)8-9-24(25)34-17-20-12-27(28,29)13-20/h2-5,8-9,20-21H,6-7,10-17H2,1H3,(H,30,32). The van der Waals surface area contributed by atoms with Crippen LogP contribution in [0, 0.1) is 11.8 Å². The second-order valence-electron chi connectivity index (χ2n) is 9.95. The number of halogens is 2. The number of ether oxygens (including phenoxy) is 2. The normalized spacial score (nSPS) is 19.7. The molecule has 0 atom stereocenters. The third kappa shape index (κ3) is 5.35. The van der Waals surface area contributed by atoms with Gasteiger partial charge >= 0.3 is 0 Å². The molecule has 182 valence electrons. The third-order valence-electron chi connectivity index (χ3n) is 7.09. The van der Waals surface area contributed by atoms with E-state index in [1.165, 1.54) is 11.1 Å². The van der Waals surface area contributed by atoms with Gasteiger partial charge in [-0.1, -0.05) is 30.3 Å². The van der Waals surface area contributed by atoms with Crippen molar-refractivity contribution in [1.29, 1.82) is 0 Å². The molecule has 34 heavy (non-hydrogen) atoms. The molecule has 0 bridgehead atoms. The number of hydrogen-bond acceptors (Lipinski definition) is 4. The first kappa shape index (κ1) is 23.1. The summed E-state index contributed by atoms with van der Waals surface area (Å²) in [4.78, 5) is 14.2. The molecule has 2 aliphatic carbocycles. The Kier molecular flexibility index (Phi) is 6.47. The van der Waals surface area contributed by atoms with Crippen molar-refractivity contribution in [1.82, 2.24) is 10.2 Å². The van der Waals surface area contributed by atoms with Gasteiger partial charge in [0.25, 0.3) is 0 Å². The maximum atomic E-state index is 13.1. The van der Waals surface area contributed by atoms with Crippen LogP contribution in [0.2, 0.25) is 0 Å². The largest absolute Gasteiger partial charge is 0.493 e. The van der Waals surface area contributed by atoms with E-state index in [0.29, 0.717) is 18.9 Å². The first-order valence-electron chi connectivity index (χ1n) is 12.2. The van der Waals surface area contributed by atoms with Crippen LogP contribution in [0.4, 0.5) is 8.78 Å². The lowest BCUT2D eigenvalue weighted by Crippen LogP contribution is -2.38. The van der Waals surface area contributed by atoms with Gasteiger partial charge in [0.2, 0.25) is 11.8 Å². The van der Waals surface area contributed by atoms with Crippen molar-refractivity contribution in [2.45, 2.75) is 57.7 Å². The third-order valence-corrected chi connectivity index (χ3v) is 7.09. The summed E-state index contributed by atoms with van der Waals surface area (Å²) >= 11 is 0. The van der Waals surface area contributed by atoms with E-state index in [1.54, 1.807) is 7.11 Å². The number of fused-ring (bicyclic) bond motifs is 1. The van der Waals surface area contributed by atoms with Crippen molar-refractivity contribution in [2.75, 3.05) is 20.3 Å². The van der Waals surface area contributed by atoms with Crippen molar-refractivity contribution in [2.24, 2.45) is 11.8 Å². The Morgan fingerprint density at radius 3 is 2.53 bits per heavy atom. The fourth-order valence-corrected chi connectivity index (χ4v) is 4.94. The Morgan fingerprint density at radius 2 is 1.85 bits per heavy atom. The smallest absolute Gasteiger partial charge is 0.248 e. The summed E-state index contributed by atoms with van der Waals surface area (Å²) in [5.74, 6) is -0.825. The highest BCUT2D eigenvalue weighted by atomic mass is 19.3. The molecule has 1 N–H and O–H groups in total. The fourth-order valence-electron chi connectivity index (χ4n) is 4.94. The predicted molar refractivity (Wildman–Crippen MR) is 125 cm³/mol. The highest BCUT2D eigenvalue weighted by Gasteiger charge is 2.45. The van der Waals surface area contributed by atoms with Crippen LogP contribution in [0.3, 0.4) is 0 Å². The molecule has 0 radical (unpaired) electrons. The van der Waals surface area contributed by atoms with Gasteiger partial charge in [-0.15, -0.1) is 0 Å². The minimum Gasteiger partial charge on any atom is -0.493 e. The maximum Gasteiger partial charge on any atom is 0.248 e. The van der Waals surface area contributed by atoms with E-state index in [0.717, 1.165) is 55.8 Å². The quantitative estimate of drug-likeness (QED) is 0.577. The lowest BCUT2D eigenvalue weighted by molar-refractivity contribution is -0.122. The molecule has 5 rings (SSSR count). The monoisotopic (exact) mass is 470 g/mol. The van der Waals surface area contributed by atoms with Gasteiger partial charge in [0.05, 0.1) is 13.7 Å². The minimum absolute atomic E-state index is 0.0907. The average molecular weight is 471 g/mol. The number of rotatable bonds is 9. The molecule has 2 saturated carbocycles. The van der Waals surface area contributed by atoms with Crippen LogP contribution >= 0.6 is 0 Å². The molecule has 1 amide bonds. The van der Waals surface area contributed by atoms with E-state index in [4.69, 9.17) is 9.47 Å².